The number of hydrogen-bond acceptors (Lipinski definition) is 6. The fraction of sp³-hybridized carbons (Fsp3) is 0.133. The molecule has 0 aliphatic heterocycles. The second-order valence-corrected chi connectivity index (χ2v) is 6.23. The Morgan fingerprint density at radius 3 is 2.70 bits per heavy atom. The van der Waals surface area contributed by atoms with Gasteiger partial charge in [-0.3, -0.25) is 4.79 Å². The van der Waals surface area contributed by atoms with E-state index in [1.54, 1.807) is 29.6 Å². The average molecular weight is 351 g/mol. The smallest absolute Gasteiger partial charge is 0.350 e. The van der Waals surface area contributed by atoms with Gasteiger partial charge in [-0.05, 0) is 23.6 Å². The number of thioether (sulfide) groups is 1. The van der Waals surface area contributed by atoms with E-state index in [4.69, 9.17) is 5.11 Å². The molecule has 0 spiro atoms. The normalized spacial score (nSPS) is 10.1. The molecule has 0 aliphatic carbocycles. The van der Waals surface area contributed by atoms with Gasteiger partial charge >= 0.3 is 11.9 Å². The summed E-state index contributed by atoms with van der Waals surface area (Å²) in [6.07, 6.45) is 0. The molecule has 8 heteroatoms. The number of amides is 1. The summed E-state index contributed by atoms with van der Waals surface area (Å²) in [5.41, 5.74) is 0.537. The molecule has 2 N–H and O–H groups in total. The van der Waals surface area contributed by atoms with Crippen LogP contribution in [0.15, 0.2) is 40.6 Å². The highest BCUT2D eigenvalue weighted by atomic mass is 32.2. The zero-order valence-corrected chi connectivity index (χ0v) is 13.7. The number of hydrogen-bond donors (Lipinski definition) is 2. The molecule has 0 fully saturated rings. The number of carbonyl (C=O) groups is 3. The van der Waals surface area contributed by atoms with Gasteiger partial charge in [0, 0.05) is 4.90 Å². The topological polar surface area (TPSA) is 92.7 Å². The molecule has 0 unspecified atom stereocenters. The molecule has 23 heavy (non-hydrogen) atoms. The number of thiophene rings is 1. The molecule has 0 saturated carbocycles. The van der Waals surface area contributed by atoms with Gasteiger partial charge in [0.25, 0.3) is 0 Å². The summed E-state index contributed by atoms with van der Waals surface area (Å²) in [6, 6.07) is 8.08. The maximum Gasteiger partial charge on any atom is 0.350 e. The van der Waals surface area contributed by atoms with E-state index in [1.165, 1.54) is 24.5 Å². The lowest BCUT2D eigenvalue weighted by Gasteiger charge is -2.07. The maximum absolute atomic E-state index is 12.0. The van der Waals surface area contributed by atoms with E-state index in [0.29, 0.717) is 15.5 Å². The van der Waals surface area contributed by atoms with Crippen molar-refractivity contribution in [3.8, 4) is 0 Å². The number of carboxylic acid groups (broad SMARTS) is 1. The minimum Gasteiger partial charge on any atom is -0.478 e. The van der Waals surface area contributed by atoms with Crippen molar-refractivity contribution in [3.05, 3.63) is 46.2 Å². The summed E-state index contributed by atoms with van der Waals surface area (Å²) in [5, 5.41) is 13.4. The van der Waals surface area contributed by atoms with E-state index in [0.717, 1.165) is 11.8 Å². The number of carbonyl (C=O) groups excluding carboxylic acids is 2. The van der Waals surface area contributed by atoms with Gasteiger partial charge in [0.2, 0.25) is 5.91 Å². The maximum atomic E-state index is 12.0. The molecule has 2 rings (SSSR count). The lowest BCUT2D eigenvalue weighted by molar-refractivity contribution is -0.113. The van der Waals surface area contributed by atoms with Crippen molar-refractivity contribution in [2.45, 2.75) is 4.90 Å². The number of ether oxygens (including phenoxy) is 1. The lowest BCUT2D eigenvalue weighted by Crippen LogP contribution is -2.16. The predicted octanol–water partition coefficient (Wildman–Crippen LogP) is 2.96. The third-order valence-electron chi connectivity index (χ3n) is 2.79. The molecule has 0 atom stereocenters. The second-order valence-electron chi connectivity index (χ2n) is 4.29. The van der Waals surface area contributed by atoms with Gasteiger partial charge in [0.15, 0.2) is 0 Å². The summed E-state index contributed by atoms with van der Waals surface area (Å²) in [4.78, 5) is 35.5. The first kappa shape index (κ1) is 17.0. The van der Waals surface area contributed by atoms with Crippen LogP contribution in [0.25, 0.3) is 0 Å². The standard InChI is InChI=1S/C15H13NO5S2/c1-21-15(20)13-10(6-7-22-13)16-12(17)8-23-11-5-3-2-4-9(11)14(18)19/h2-7H,8H2,1H3,(H,16,17)(H,18,19). The zero-order chi connectivity index (χ0) is 16.8. The van der Waals surface area contributed by atoms with E-state index in [-0.39, 0.29) is 17.2 Å². The Morgan fingerprint density at radius 2 is 2.00 bits per heavy atom. The summed E-state index contributed by atoms with van der Waals surface area (Å²) >= 11 is 2.29. The molecule has 0 bridgehead atoms. The van der Waals surface area contributed by atoms with E-state index in [9.17, 15) is 14.4 Å². The highest BCUT2D eigenvalue weighted by molar-refractivity contribution is 8.00. The van der Waals surface area contributed by atoms with E-state index < -0.39 is 11.9 Å². The first-order valence-electron chi connectivity index (χ1n) is 6.43. The molecule has 1 aromatic heterocycles. The Balaban J connectivity index is 2.00. The van der Waals surface area contributed by atoms with Gasteiger partial charge in [-0.15, -0.1) is 23.1 Å². The molecule has 0 saturated heterocycles. The average Bonchev–Trinajstić information content (AvgIpc) is 3.00. The van der Waals surface area contributed by atoms with Gasteiger partial charge in [-0.2, -0.15) is 0 Å². The van der Waals surface area contributed by atoms with E-state index in [2.05, 4.69) is 10.1 Å². The minimum atomic E-state index is -1.04. The molecule has 2 aromatic rings. The van der Waals surface area contributed by atoms with Gasteiger partial charge in [0.1, 0.15) is 4.88 Å². The van der Waals surface area contributed by atoms with Crippen molar-refractivity contribution in [1.29, 1.82) is 0 Å². The highest BCUT2D eigenvalue weighted by Crippen LogP contribution is 2.25. The van der Waals surface area contributed by atoms with Crippen LogP contribution in [0.4, 0.5) is 5.69 Å². The first-order chi connectivity index (χ1) is 11.0. The molecule has 6 nitrogen and oxygen atoms in total. The van der Waals surface area contributed by atoms with Gasteiger partial charge in [-0.1, -0.05) is 12.1 Å². The third-order valence-corrected chi connectivity index (χ3v) is 4.75. The quantitative estimate of drug-likeness (QED) is 0.614. The van der Waals surface area contributed by atoms with Gasteiger partial charge < -0.3 is 15.2 Å². The third kappa shape index (κ3) is 4.33. The first-order valence-corrected chi connectivity index (χ1v) is 8.30. The Bertz CT molecular complexity index is 741. The Labute approximate surface area is 140 Å². The van der Waals surface area contributed by atoms with Crippen LogP contribution in [0, 0.1) is 0 Å². The van der Waals surface area contributed by atoms with Crippen molar-refractivity contribution in [2.75, 3.05) is 18.2 Å². The van der Waals surface area contributed by atoms with Crippen molar-refractivity contribution >= 4 is 46.6 Å². The molecular weight excluding hydrogens is 338 g/mol. The fourth-order valence-corrected chi connectivity index (χ4v) is 3.37. The second kappa shape index (κ2) is 7.80. The number of esters is 1. The Morgan fingerprint density at radius 1 is 1.26 bits per heavy atom. The SMILES string of the molecule is COC(=O)c1sccc1NC(=O)CSc1ccccc1C(=O)O. The summed E-state index contributed by atoms with van der Waals surface area (Å²) in [6.45, 7) is 0. The summed E-state index contributed by atoms with van der Waals surface area (Å²) in [7, 11) is 1.27. The molecule has 1 amide bonds. The molecule has 120 valence electrons. The number of carboxylic acids is 1. The van der Waals surface area contributed by atoms with E-state index >= 15 is 0 Å². The largest absolute Gasteiger partial charge is 0.478 e. The van der Waals surface area contributed by atoms with Crippen molar-refractivity contribution in [1.82, 2.24) is 0 Å². The molecular formula is C15H13NO5S2. The van der Waals surface area contributed by atoms with Crippen LogP contribution in [0.5, 0.6) is 0 Å². The predicted molar refractivity (Wildman–Crippen MR) is 88.4 cm³/mol. The van der Waals surface area contributed by atoms with Crippen LogP contribution in [-0.4, -0.2) is 35.8 Å². The number of methoxy groups -OCH3 is 1. The van der Waals surface area contributed by atoms with Crippen LogP contribution in [0.1, 0.15) is 20.0 Å². The highest BCUT2D eigenvalue weighted by Gasteiger charge is 2.16. The number of rotatable bonds is 6. The van der Waals surface area contributed by atoms with Crippen molar-refractivity contribution in [3.63, 3.8) is 0 Å². The van der Waals surface area contributed by atoms with Crippen LogP contribution >= 0.6 is 23.1 Å². The van der Waals surface area contributed by atoms with Crippen LogP contribution in [0.3, 0.4) is 0 Å². The van der Waals surface area contributed by atoms with Crippen LogP contribution in [-0.2, 0) is 9.53 Å². The van der Waals surface area contributed by atoms with Gasteiger partial charge in [-0.25, -0.2) is 9.59 Å². The van der Waals surface area contributed by atoms with Crippen molar-refractivity contribution < 1.29 is 24.2 Å². The Hall–Kier alpha value is -2.32. The zero-order valence-electron chi connectivity index (χ0n) is 12.1. The molecule has 1 aromatic carbocycles. The van der Waals surface area contributed by atoms with Crippen LogP contribution < -0.4 is 5.32 Å². The molecule has 0 radical (unpaired) electrons. The minimum absolute atomic E-state index is 0.0285. The fourth-order valence-electron chi connectivity index (χ4n) is 1.76. The van der Waals surface area contributed by atoms with E-state index in [1.807, 2.05) is 0 Å². The molecule has 0 aliphatic rings. The van der Waals surface area contributed by atoms with Gasteiger partial charge in [0.05, 0.1) is 24.1 Å². The number of aromatic carboxylic acids is 1. The molecule has 1 heterocycles. The summed E-state index contributed by atoms with van der Waals surface area (Å²) < 4.78 is 4.64. The number of anilines is 1. The Kier molecular flexibility index (Phi) is 5.78. The number of nitrogens with one attached hydrogen (secondary N) is 1. The van der Waals surface area contributed by atoms with Crippen LogP contribution in [0.2, 0.25) is 0 Å². The summed E-state index contributed by atoms with van der Waals surface area (Å²) in [5.74, 6) is -1.86. The number of benzene rings is 1. The van der Waals surface area contributed by atoms with Crippen molar-refractivity contribution in [2.24, 2.45) is 0 Å². The monoisotopic (exact) mass is 351 g/mol. The lowest BCUT2D eigenvalue weighted by atomic mass is 10.2.